The number of hydrogen-bond donors (Lipinski definition) is 0. The number of esters is 1. The molecular weight excluding hydrogens is 276 g/mol. The molecule has 114 valence electrons. The number of benzene rings is 2. The van der Waals surface area contributed by atoms with Gasteiger partial charge in [0.1, 0.15) is 0 Å². The molecule has 22 heavy (non-hydrogen) atoms. The summed E-state index contributed by atoms with van der Waals surface area (Å²) in [5.41, 5.74) is 0.538. The van der Waals surface area contributed by atoms with Crippen LogP contribution < -0.4 is 0 Å². The molecule has 0 unspecified atom stereocenters. The van der Waals surface area contributed by atoms with Crippen molar-refractivity contribution in [3.63, 3.8) is 0 Å². The van der Waals surface area contributed by atoms with Gasteiger partial charge in [-0.3, -0.25) is 9.59 Å². The Morgan fingerprint density at radius 3 is 1.86 bits per heavy atom. The summed E-state index contributed by atoms with van der Waals surface area (Å²) in [4.78, 5) is 24.9. The van der Waals surface area contributed by atoms with Crippen molar-refractivity contribution in [2.75, 3.05) is 0 Å². The topological polar surface area (TPSA) is 43.4 Å². The molecule has 0 amide bonds. The molecule has 0 N–H and O–H groups in total. The lowest BCUT2D eigenvalue weighted by atomic mass is 9.96. The first kappa shape index (κ1) is 16.0. The van der Waals surface area contributed by atoms with Crippen molar-refractivity contribution in [1.29, 1.82) is 0 Å². The van der Waals surface area contributed by atoms with E-state index < -0.39 is 17.5 Å². The molecule has 2 rings (SSSR count). The molecule has 0 heterocycles. The van der Waals surface area contributed by atoms with Crippen LogP contribution in [0.4, 0.5) is 0 Å². The molecule has 1 atom stereocenters. The molecule has 0 fully saturated rings. The SMILES string of the molecule is CC(C)(C)C(=O)O[C@@H](C(=O)c1ccccc1)c1ccccc1. The van der Waals surface area contributed by atoms with Gasteiger partial charge in [0, 0.05) is 11.1 Å². The summed E-state index contributed by atoms with van der Waals surface area (Å²) in [6.07, 6.45) is -0.921. The number of ether oxygens (including phenoxy) is 1. The van der Waals surface area contributed by atoms with Gasteiger partial charge in [-0.1, -0.05) is 60.7 Å². The van der Waals surface area contributed by atoms with Gasteiger partial charge in [-0.25, -0.2) is 0 Å². The van der Waals surface area contributed by atoms with Crippen molar-refractivity contribution < 1.29 is 14.3 Å². The van der Waals surface area contributed by atoms with Crippen LogP contribution in [0.5, 0.6) is 0 Å². The molecule has 0 spiro atoms. The van der Waals surface area contributed by atoms with E-state index in [1.54, 1.807) is 57.2 Å². The Morgan fingerprint density at radius 2 is 1.36 bits per heavy atom. The Kier molecular flexibility index (Phi) is 4.76. The maximum absolute atomic E-state index is 12.7. The smallest absolute Gasteiger partial charge is 0.312 e. The number of Topliss-reactive ketones (excluding diaryl/α,β-unsaturated/α-hetero) is 1. The van der Waals surface area contributed by atoms with Gasteiger partial charge in [0.05, 0.1) is 5.41 Å². The third-order valence-corrected chi connectivity index (χ3v) is 3.24. The van der Waals surface area contributed by atoms with Crippen LogP contribution in [0.2, 0.25) is 0 Å². The zero-order valence-electron chi connectivity index (χ0n) is 13.1. The molecule has 0 saturated carbocycles. The number of carbonyl (C=O) groups excluding carboxylic acids is 2. The first-order valence-corrected chi connectivity index (χ1v) is 7.25. The van der Waals surface area contributed by atoms with Gasteiger partial charge in [0.25, 0.3) is 0 Å². The minimum absolute atomic E-state index is 0.218. The van der Waals surface area contributed by atoms with Crippen LogP contribution in [0.3, 0.4) is 0 Å². The largest absolute Gasteiger partial charge is 0.449 e. The number of hydrogen-bond acceptors (Lipinski definition) is 3. The fraction of sp³-hybridized carbons (Fsp3) is 0.263. The zero-order chi connectivity index (χ0) is 16.2. The second-order valence-corrected chi connectivity index (χ2v) is 6.18. The van der Waals surface area contributed by atoms with Gasteiger partial charge in [-0.15, -0.1) is 0 Å². The van der Waals surface area contributed by atoms with Gasteiger partial charge in [-0.05, 0) is 20.8 Å². The second kappa shape index (κ2) is 6.56. The average molecular weight is 296 g/mol. The molecule has 2 aromatic carbocycles. The standard InChI is InChI=1S/C19H20O3/c1-19(2,3)18(21)22-17(15-12-8-5-9-13-15)16(20)14-10-6-4-7-11-14/h4-13,17H,1-3H3/t17-/m1/s1. The van der Waals surface area contributed by atoms with Gasteiger partial charge < -0.3 is 4.74 Å². The molecule has 0 aliphatic rings. The van der Waals surface area contributed by atoms with E-state index in [9.17, 15) is 9.59 Å². The van der Waals surface area contributed by atoms with E-state index >= 15 is 0 Å². The molecule has 3 heteroatoms. The van der Waals surface area contributed by atoms with Crippen LogP contribution in [0.25, 0.3) is 0 Å². The maximum Gasteiger partial charge on any atom is 0.312 e. The summed E-state index contributed by atoms with van der Waals surface area (Å²) >= 11 is 0. The fourth-order valence-electron chi connectivity index (χ4n) is 1.94. The Morgan fingerprint density at radius 1 is 0.864 bits per heavy atom. The molecule has 3 nitrogen and oxygen atoms in total. The highest BCUT2D eigenvalue weighted by molar-refractivity contribution is 6.01. The predicted molar refractivity (Wildman–Crippen MR) is 85.5 cm³/mol. The van der Waals surface area contributed by atoms with Crippen LogP contribution in [-0.4, -0.2) is 11.8 Å². The number of ketones is 1. The van der Waals surface area contributed by atoms with E-state index in [2.05, 4.69) is 0 Å². The molecule has 0 saturated heterocycles. The lowest BCUT2D eigenvalue weighted by Crippen LogP contribution is -2.28. The van der Waals surface area contributed by atoms with Gasteiger partial charge in [0.15, 0.2) is 6.10 Å². The first-order chi connectivity index (χ1) is 10.4. The van der Waals surface area contributed by atoms with Crippen molar-refractivity contribution in [3.8, 4) is 0 Å². The third-order valence-electron chi connectivity index (χ3n) is 3.24. The molecule has 0 aliphatic heterocycles. The Hall–Kier alpha value is -2.42. The summed E-state index contributed by atoms with van der Waals surface area (Å²) in [7, 11) is 0. The highest BCUT2D eigenvalue weighted by Crippen LogP contribution is 2.26. The molecule has 0 aromatic heterocycles. The van der Waals surface area contributed by atoms with Crippen LogP contribution in [0.1, 0.15) is 42.8 Å². The van der Waals surface area contributed by atoms with Gasteiger partial charge in [-0.2, -0.15) is 0 Å². The fourth-order valence-corrected chi connectivity index (χ4v) is 1.94. The van der Waals surface area contributed by atoms with Crippen LogP contribution in [-0.2, 0) is 9.53 Å². The van der Waals surface area contributed by atoms with E-state index in [-0.39, 0.29) is 5.78 Å². The second-order valence-electron chi connectivity index (χ2n) is 6.18. The summed E-state index contributed by atoms with van der Waals surface area (Å²) in [5.74, 6) is -0.616. The lowest BCUT2D eigenvalue weighted by molar-refractivity contribution is -0.156. The van der Waals surface area contributed by atoms with E-state index in [1.165, 1.54) is 0 Å². The van der Waals surface area contributed by atoms with Crippen LogP contribution in [0.15, 0.2) is 60.7 Å². The third kappa shape index (κ3) is 3.82. The van der Waals surface area contributed by atoms with E-state index in [0.717, 1.165) is 0 Å². The molecule has 2 aromatic rings. The number of carbonyl (C=O) groups is 2. The monoisotopic (exact) mass is 296 g/mol. The molecular formula is C19H20O3. The van der Waals surface area contributed by atoms with Crippen molar-refractivity contribution in [1.82, 2.24) is 0 Å². The average Bonchev–Trinajstić information content (AvgIpc) is 2.52. The first-order valence-electron chi connectivity index (χ1n) is 7.25. The lowest BCUT2D eigenvalue weighted by Gasteiger charge is -2.23. The summed E-state index contributed by atoms with van der Waals surface area (Å²) < 4.78 is 5.53. The molecule has 0 radical (unpaired) electrons. The van der Waals surface area contributed by atoms with E-state index in [4.69, 9.17) is 4.74 Å². The summed E-state index contributed by atoms with van der Waals surface area (Å²) in [6, 6.07) is 18.0. The maximum atomic E-state index is 12.7. The van der Waals surface area contributed by atoms with Crippen molar-refractivity contribution in [2.45, 2.75) is 26.9 Å². The van der Waals surface area contributed by atoms with Gasteiger partial charge >= 0.3 is 5.97 Å². The Bertz CT molecular complexity index is 639. The van der Waals surface area contributed by atoms with Crippen LogP contribution in [0, 0.1) is 5.41 Å². The molecule has 0 aliphatic carbocycles. The summed E-state index contributed by atoms with van der Waals surface area (Å²) in [5, 5.41) is 0. The minimum Gasteiger partial charge on any atom is -0.449 e. The minimum atomic E-state index is -0.921. The normalized spacial score (nSPS) is 12.5. The van der Waals surface area contributed by atoms with Crippen molar-refractivity contribution >= 4 is 11.8 Å². The summed E-state index contributed by atoms with van der Waals surface area (Å²) in [6.45, 7) is 5.30. The molecule has 0 bridgehead atoms. The van der Waals surface area contributed by atoms with E-state index in [1.807, 2.05) is 24.3 Å². The highest BCUT2D eigenvalue weighted by atomic mass is 16.5. The Labute approximate surface area is 130 Å². The van der Waals surface area contributed by atoms with Gasteiger partial charge in [0.2, 0.25) is 5.78 Å². The van der Waals surface area contributed by atoms with Crippen LogP contribution >= 0.6 is 0 Å². The van der Waals surface area contributed by atoms with E-state index in [0.29, 0.717) is 11.1 Å². The van der Waals surface area contributed by atoms with Crippen molar-refractivity contribution in [3.05, 3.63) is 71.8 Å². The zero-order valence-corrected chi connectivity index (χ0v) is 13.1. The quantitative estimate of drug-likeness (QED) is 0.627. The number of rotatable bonds is 4. The Balaban J connectivity index is 2.34. The van der Waals surface area contributed by atoms with Crippen molar-refractivity contribution in [2.24, 2.45) is 5.41 Å². The highest BCUT2D eigenvalue weighted by Gasteiger charge is 2.31. The predicted octanol–water partition coefficient (Wildman–Crippen LogP) is 4.20.